The monoisotopic (exact) mass is 278 g/mol. The van der Waals surface area contributed by atoms with Crippen molar-refractivity contribution in [2.45, 2.75) is 19.4 Å². The summed E-state index contributed by atoms with van der Waals surface area (Å²) in [6, 6.07) is 4.45. The van der Waals surface area contributed by atoms with E-state index in [0.29, 0.717) is 18.2 Å². The van der Waals surface area contributed by atoms with Gasteiger partial charge in [-0.3, -0.25) is 14.9 Å². The minimum atomic E-state index is -0.660. The molecule has 1 aliphatic rings. The van der Waals surface area contributed by atoms with Gasteiger partial charge in [0.2, 0.25) is 0 Å². The molecule has 1 heterocycles. The van der Waals surface area contributed by atoms with E-state index < -0.39 is 10.8 Å². The Morgan fingerprint density at radius 3 is 2.75 bits per heavy atom. The number of nitro groups is 1. The van der Waals surface area contributed by atoms with Crippen LogP contribution >= 0.6 is 0 Å². The number of nitrogens with zero attached hydrogens (tertiary/aromatic N) is 2. The molecule has 2 unspecified atom stereocenters. The third-order valence-electron chi connectivity index (χ3n) is 3.76. The van der Waals surface area contributed by atoms with Gasteiger partial charge >= 0.3 is 0 Å². The SMILES string of the molecule is CC1CC(CN)CN1c1ccc([N+](=O)[O-])cc1C(N)=O. The highest BCUT2D eigenvalue weighted by Crippen LogP contribution is 2.32. The van der Waals surface area contributed by atoms with E-state index in [4.69, 9.17) is 11.5 Å². The lowest BCUT2D eigenvalue weighted by molar-refractivity contribution is -0.384. The molecule has 20 heavy (non-hydrogen) atoms. The zero-order valence-corrected chi connectivity index (χ0v) is 11.3. The average Bonchev–Trinajstić information content (AvgIpc) is 2.79. The summed E-state index contributed by atoms with van der Waals surface area (Å²) < 4.78 is 0. The third kappa shape index (κ3) is 2.57. The second kappa shape index (κ2) is 5.46. The highest BCUT2D eigenvalue weighted by atomic mass is 16.6. The molecule has 4 N–H and O–H groups in total. The van der Waals surface area contributed by atoms with Gasteiger partial charge in [-0.1, -0.05) is 0 Å². The maximum absolute atomic E-state index is 11.6. The van der Waals surface area contributed by atoms with Crippen molar-refractivity contribution < 1.29 is 9.72 Å². The maximum atomic E-state index is 11.6. The van der Waals surface area contributed by atoms with Crippen LogP contribution in [0.1, 0.15) is 23.7 Å². The lowest BCUT2D eigenvalue weighted by atomic mass is 10.1. The number of non-ortho nitro benzene ring substituents is 1. The van der Waals surface area contributed by atoms with Gasteiger partial charge in [-0.05, 0) is 31.9 Å². The van der Waals surface area contributed by atoms with Crippen molar-refractivity contribution in [1.29, 1.82) is 0 Å². The Bertz CT molecular complexity index is 546. The maximum Gasteiger partial charge on any atom is 0.270 e. The van der Waals surface area contributed by atoms with Crippen molar-refractivity contribution in [3.8, 4) is 0 Å². The van der Waals surface area contributed by atoms with Gasteiger partial charge in [0.15, 0.2) is 0 Å². The van der Waals surface area contributed by atoms with Crippen LogP contribution in [-0.4, -0.2) is 30.0 Å². The number of anilines is 1. The number of hydrogen-bond acceptors (Lipinski definition) is 5. The van der Waals surface area contributed by atoms with Crippen LogP contribution in [0.5, 0.6) is 0 Å². The summed E-state index contributed by atoms with van der Waals surface area (Å²) in [5.74, 6) is -0.298. The van der Waals surface area contributed by atoms with Gasteiger partial charge in [0.05, 0.1) is 16.2 Å². The normalized spacial score (nSPS) is 22.0. The lowest BCUT2D eigenvalue weighted by Gasteiger charge is -2.25. The van der Waals surface area contributed by atoms with Crippen molar-refractivity contribution in [2.24, 2.45) is 17.4 Å². The first-order chi connectivity index (χ1) is 9.43. The van der Waals surface area contributed by atoms with E-state index in [-0.39, 0.29) is 17.3 Å². The summed E-state index contributed by atoms with van der Waals surface area (Å²) in [6.45, 7) is 3.36. The van der Waals surface area contributed by atoms with Crippen LogP contribution < -0.4 is 16.4 Å². The Balaban J connectivity index is 2.41. The second-order valence-corrected chi connectivity index (χ2v) is 5.16. The van der Waals surface area contributed by atoms with Crippen molar-refractivity contribution in [3.05, 3.63) is 33.9 Å². The number of benzene rings is 1. The van der Waals surface area contributed by atoms with E-state index in [0.717, 1.165) is 13.0 Å². The Morgan fingerprint density at radius 2 is 2.25 bits per heavy atom. The summed E-state index contributed by atoms with van der Waals surface area (Å²) in [5.41, 5.74) is 11.7. The van der Waals surface area contributed by atoms with E-state index in [9.17, 15) is 14.9 Å². The predicted octanol–water partition coefficient (Wildman–Crippen LogP) is 0.867. The molecule has 2 atom stereocenters. The minimum Gasteiger partial charge on any atom is -0.368 e. The quantitative estimate of drug-likeness (QED) is 0.626. The highest BCUT2D eigenvalue weighted by Gasteiger charge is 2.31. The standard InChI is InChI=1S/C13H18N4O3/c1-8-4-9(6-14)7-16(8)12-3-2-10(17(19)20)5-11(12)13(15)18/h2-3,5,8-9H,4,6-7,14H2,1H3,(H2,15,18). The predicted molar refractivity (Wildman–Crippen MR) is 75.6 cm³/mol. The largest absolute Gasteiger partial charge is 0.368 e. The van der Waals surface area contributed by atoms with Crippen molar-refractivity contribution in [1.82, 2.24) is 0 Å². The second-order valence-electron chi connectivity index (χ2n) is 5.16. The molecule has 0 aliphatic carbocycles. The summed E-state index contributed by atoms with van der Waals surface area (Å²) in [5, 5.41) is 10.8. The lowest BCUT2D eigenvalue weighted by Crippen LogP contribution is -2.30. The van der Waals surface area contributed by atoms with Gasteiger partial charge in [0.25, 0.3) is 11.6 Å². The number of primary amides is 1. The molecule has 0 bridgehead atoms. The Hall–Kier alpha value is -2.15. The first-order valence-electron chi connectivity index (χ1n) is 6.49. The van der Waals surface area contributed by atoms with E-state index in [1.807, 2.05) is 11.8 Å². The van der Waals surface area contributed by atoms with Crippen LogP contribution in [0.2, 0.25) is 0 Å². The van der Waals surface area contributed by atoms with E-state index >= 15 is 0 Å². The van der Waals surface area contributed by atoms with E-state index in [1.165, 1.54) is 12.1 Å². The van der Waals surface area contributed by atoms with Crippen LogP contribution in [0.15, 0.2) is 18.2 Å². The van der Waals surface area contributed by atoms with Crippen LogP contribution in [0, 0.1) is 16.0 Å². The van der Waals surface area contributed by atoms with Crippen LogP contribution in [0.4, 0.5) is 11.4 Å². The Labute approximate surface area is 116 Å². The number of nitro benzene ring substituents is 1. The van der Waals surface area contributed by atoms with Gasteiger partial charge in [-0.25, -0.2) is 0 Å². The highest BCUT2D eigenvalue weighted by molar-refractivity contribution is 5.99. The molecule has 1 saturated heterocycles. The van der Waals surface area contributed by atoms with Crippen molar-refractivity contribution in [3.63, 3.8) is 0 Å². The van der Waals surface area contributed by atoms with E-state index in [2.05, 4.69) is 0 Å². The summed E-state index contributed by atoms with van der Waals surface area (Å²) in [7, 11) is 0. The first-order valence-corrected chi connectivity index (χ1v) is 6.49. The smallest absolute Gasteiger partial charge is 0.270 e. The zero-order valence-electron chi connectivity index (χ0n) is 11.3. The molecule has 0 radical (unpaired) electrons. The first kappa shape index (κ1) is 14.3. The summed E-state index contributed by atoms with van der Waals surface area (Å²) in [4.78, 5) is 23.9. The number of hydrogen-bond donors (Lipinski definition) is 2. The van der Waals surface area contributed by atoms with Crippen molar-refractivity contribution >= 4 is 17.3 Å². The number of nitrogens with two attached hydrogens (primary N) is 2. The molecule has 1 aromatic carbocycles. The van der Waals surface area contributed by atoms with Gasteiger partial charge < -0.3 is 16.4 Å². The van der Waals surface area contributed by atoms with Gasteiger partial charge in [-0.2, -0.15) is 0 Å². The number of carbonyl (C=O) groups excluding carboxylic acids is 1. The van der Waals surface area contributed by atoms with Crippen LogP contribution in [0.3, 0.4) is 0 Å². The molecule has 7 heteroatoms. The fraction of sp³-hybridized carbons (Fsp3) is 0.462. The third-order valence-corrected chi connectivity index (χ3v) is 3.76. The minimum absolute atomic E-state index is 0.134. The molecule has 1 amide bonds. The van der Waals surface area contributed by atoms with Crippen LogP contribution in [-0.2, 0) is 0 Å². The molecule has 108 valence electrons. The molecule has 1 aromatic rings. The average molecular weight is 278 g/mol. The molecular weight excluding hydrogens is 260 g/mol. The molecule has 0 saturated carbocycles. The van der Waals surface area contributed by atoms with Gasteiger partial charge in [0, 0.05) is 24.7 Å². The molecule has 7 nitrogen and oxygen atoms in total. The molecule has 1 aliphatic heterocycles. The molecule has 1 fully saturated rings. The number of carbonyl (C=O) groups is 1. The molecule has 0 aromatic heterocycles. The summed E-state index contributed by atoms with van der Waals surface area (Å²) in [6.07, 6.45) is 0.936. The molecule has 2 rings (SSSR count). The van der Waals surface area contributed by atoms with Gasteiger partial charge in [-0.15, -0.1) is 0 Å². The topological polar surface area (TPSA) is 115 Å². The fourth-order valence-corrected chi connectivity index (χ4v) is 2.73. The number of rotatable bonds is 4. The number of amides is 1. The fourth-order valence-electron chi connectivity index (χ4n) is 2.73. The molecular formula is C13H18N4O3. The Morgan fingerprint density at radius 1 is 1.55 bits per heavy atom. The van der Waals surface area contributed by atoms with Gasteiger partial charge in [0.1, 0.15) is 0 Å². The summed E-state index contributed by atoms with van der Waals surface area (Å²) >= 11 is 0. The molecule has 0 spiro atoms. The van der Waals surface area contributed by atoms with Crippen molar-refractivity contribution in [2.75, 3.05) is 18.0 Å². The van der Waals surface area contributed by atoms with Crippen LogP contribution in [0.25, 0.3) is 0 Å². The zero-order chi connectivity index (χ0) is 14.9. The Kier molecular flexibility index (Phi) is 3.89. The van der Waals surface area contributed by atoms with E-state index in [1.54, 1.807) is 6.07 Å².